The second-order valence-corrected chi connectivity index (χ2v) is 4.67. The Morgan fingerprint density at radius 2 is 2.05 bits per heavy atom. The molecule has 1 atom stereocenters. The van der Waals surface area contributed by atoms with Crippen molar-refractivity contribution in [2.75, 3.05) is 38.9 Å². The first-order chi connectivity index (χ1) is 9.27. The van der Waals surface area contributed by atoms with E-state index in [1.165, 1.54) is 12.1 Å². The minimum absolute atomic E-state index is 0.130. The number of benzene rings is 1. The molecule has 0 amide bonds. The lowest BCUT2D eigenvalue weighted by atomic mass is 10.1. The lowest BCUT2D eigenvalue weighted by molar-refractivity contribution is 0.0315. The molecule has 0 aliphatic rings. The average Bonchev–Trinajstić information content (AvgIpc) is 2.42. The largest absolute Gasteiger partial charge is 0.382 e. The molecular weight excluding hydrogens is 315 g/mol. The van der Waals surface area contributed by atoms with Crippen molar-refractivity contribution in [3.8, 4) is 0 Å². The zero-order valence-corrected chi connectivity index (χ0v) is 12.7. The third-order valence-electron chi connectivity index (χ3n) is 2.54. The van der Waals surface area contributed by atoms with E-state index in [2.05, 4.69) is 15.9 Å². The summed E-state index contributed by atoms with van der Waals surface area (Å²) < 4.78 is 29.0. The Morgan fingerprint density at radius 1 is 1.21 bits per heavy atom. The van der Waals surface area contributed by atoms with Crippen molar-refractivity contribution < 1.29 is 18.6 Å². The van der Waals surface area contributed by atoms with Gasteiger partial charge in [0.05, 0.1) is 19.3 Å². The molecule has 5 heteroatoms. The van der Waals surface area contributed by atoms with Crippen LogP contribution in [0, 0.1) is 5.82 Å². The number of rotatable bonds is 10. The molecule has 1 aromatic carbocycles. The summed E-state index contributed by atoms with van der Waals surface area (Å²) in [7, 11) is 1.64. The summed E-state index contributed by atoms with van der Waals surface area (Å²) in [5, 5.41) is 0.640. The maximum Gasteiger partial charge on any atom is 0.123 e. The SMILES string of the molecule is COCCOCCCOC(CBr)c1cccc(F)c1. The van der Waals surface area contributed by atoms with Gasteiger partial charge >= 0.3 is 0 Å². The number of hydrogen-bond acceptors (Lipinski definition) is 3. The van der Waals surface area contributed by atoms with Crippen LogP contribution in [0.3, 0.4) is 0 Å². The molecule has 19 heavy (non-hydrogen) atoms. The number of alkyl halides is 1. The van der Waals surface area contributed by atoms with Gasteiger partial charge in [0.15, 0.2) is 0 Å². The Morgan fingerprint density at radius 3 is 2.74 bits per heavy atom. The standard InChI is InChI=1S/C14H20BrFO3/c1-17-8-9-18-6-3-7-19-14(11-15)12-4-2-5-13(16)10-12/h2,4-5,10,14H,3,6-9,11H2,1H3. The minimum atomic E-state index is -0.241. The van der Waals surface area contributed by atoms with Crippen LogP contribution in [0.1, 0.15) is 18.1 Å². The smallest absolute Gasteiger partial charge is 0.123 e. The molecule has 0 saturated carbocycles. The molecule has 3 nitrogen and oxygen atoms in total. The zero-order chi connectivity index (χ0) is 13.9. The molecule has 0 aliphatic heterocycles. The Hall–Kier alpha value is -0.490. The highest BCUT2D eigenvalue weighted by molar-refractivity contribution is 9.09. The van der Waals surface area contributed by atoms with Crippen LogP contribution in [-0.4, -0.2) is 38.9 Å². The molecule has 0 saturated heterocycles. The van der Waals surface area contributed by atoms with Crippen LogP contribution in [0.4, 0.5) is 4.39 Å². The second kappa shape index (κ2) is 10.3. The summed E-state index contributed by atoms with van der Waals surface area (Å²) in [5.41, 5.74) is 0.845. The maximum absolute atomic E-state index is 13.1. The van der Waals surface area contributed by atoms with E-state index in [9.17, 15) is 4.39 Å². The van der Waals surface area contributed by atoms with Crippen molar-refractivity contribution in [3.63, 3.8) is 0 Å². The molecular formula is C14H20BrFO3. The van der Waals surface area contributed by atoms with E-state index in [1.807, 2.05) is 6.07 Å². The number of hydrogen-bond donors (Lipinski definition) is 0. The van der Waals surface area contributed by atoms with Crippen molar-refractivity contribution in [1.29, 1.82) is 0 Å². The first-order valence-electron chi connectivity index (χ1n) is 6.27. The molecule has 0 radical (unpaired) electrons. The zero-order valence-electron chi connectivity index (χ0n) is 11.1. The average molecular weight is 335 g/mol. The van der Waals surface area contributed by atoms with Gasteiger partial charge in [-0.15, -0.1) is 0 Å². The summed E-state index contributed by atoms with van der Waals surface area (Å²) in [5.74, 6) is -0.241. The van der Waals surface area contributed by atoms with Crippen molar-refractivity contribution in [1.82, 2.24) is 0 Å². The molecule has 108 valence electrons. The third kappa shape index (κ3) is 7.01. The van der Waals surface area contributed by atoms with Crippen LogP contribution in [0.2, 0.25) is 0 Å². The highest BCUT2D eigenvalue weighted by atomic mass is 79.9. The van der Waals surface area contributed by atoms with Gasteiger partial charge in [-0.2, -0.15) is 0 Å². The Labute approximate surface area is 122 Å². The monoisotopic (exact) mass is 334 g/mol. The van der Waals surface area contributed by atoms with Gasteiger partial charge in [0.2, 0.25) is 0 Å². The fourth-order valence-corrected chi connectivity index (χ4v) is 2.13. The van der Waals surface area contributed by atoms with E-state index in [4.69, 9.17) is 14.2 Å². The van der Waals surface area contributed by atoms with E-state index in [-0.39, 0.29) is 11.9 Å². The maximum atomic E-state index is 13.1. The summed E-state index contributed by atoms with van der Waals surface area (Å²) in [6, 6.07) is 6.49. The van der Waals surface area contributed by atoms with E-state index in [1.54, 1.807) is 13.2 Å². The second-order valence-electron chi connectivity index (χ2n) is 4.03. The van der Waals surface area contributed by atoms with Crippen molar-refractivity contribution in [2.45, 2.75) is 12.5 Å². The van der Waals surface area contributed by atoms with Gasteiger partial charge in [-0.3, -0.25) is 0 Å². The van der Waals surface area contributed by atoms with E-state index >= 15 is 0 Å². The van der Waals surface area contributed by atoms with Crippen LogP contribution >= 0.6 is 15.9 Å². The molecule has 0 fully saturated rings. The topological polar surface area (TPSA) is 27.7 Å². The van der Waals surface area contributed by atoms with Crippen molar-refractivity contribution >= 4 is 15.9 Å². The van der Waals surface area contributed by atoms with Gasteiger partial charge in [-0.05, 0) is 24.1 Å². The molecule has 0 aliphatic carbocycles. The summed E-state index contributed by atoms with van der Waals surface area (Å²) >= 11 is 3.39. The molecule has 0 heterocycles. The normalized spacial score (nSPS) is 12.6. The predicted octanol–water partition coefficient (Wildman–Crippen LogP) is 3.33. The molecule has 1 unspecified atom stereocenters. The van der Waals surface area contributed by atoms with Gasteiger partial charge in [-0.25, -0.2) is 4.39 Å². The fraction of sp³-hybridized carbons (Fsp3) is 0.571. The molecule has 0 aromatic heterocycles. The van der Waals surface area contributed by atoms with Crippen LogP contribution in [0.15, 0.2) is 24.3 Å². The quantitative estimate of drug-likeness (QED) is 0.485. The highest BCUT2D eigenvalue weighted by Gasteiger charge is 2.10. The molecule has 1 aromatic rings. The predicted molar refractivity (Wildman–Crippen MR) is 76.2 cm³/mol. The lowest BCUT2D eigenvalue weighted by Crippen LogP contribution is -2.10. The number of methoxy groups -OCH3 is 1. The van der Waals surface area contributed by atoms with Gasteiger partial charge < -0.3 is 14.2 Å². The van der Waals surface area contributed by atoms with Crippen LogP contribution in [0.25, 0.3) is 0 Å². The lowest BCUT2D eigenvalue weighted by Gasteiger charge is -2.16. The first kappa shape index (κ1) is 16.6. The van der Waals surface area contributed by atoms with Gasteiger partial charge in [0, 0.05) is 25.7 Å². The number of halogens is 2. The fourth-order valence-electron chi connectivity index (χ4n) is 1.57. The Balaban J connectivity index is 2.22. The van der Waals surface area contributed by atoms with E-state index < -0.39 is 0 Å². The Bertz CT molecular complexity index is 349. The van der Waals surface area contributed by atoms with Gasteiger partial charge in [-0.1, -0.05) is 28.1 Å². The third-order valence-corrected chi connectivity index (χ3v) is 3.13. The van der Waals surface area contributed by atoms with Crippen LogP contribution in [-0.2, 0) is 14.2 Å². The molecule has 0 N–H and O–H groups in total. The van der Waals surface area contributed by atoms with E-state index in [0.29, 0.717) is 31.8 Å². The summed E-state index contributed by atoms with van der Waals surface area (Å²) in [4.78, 5) is 0. The van der Waals surface area contributed by atoms with Gasteiger partial charge in [0.25, 0.3) is 0 Å². The van der Waals surface area contributed by atoms with Gasteiger partial charge in [0.1, 0.15) is 5.82 Å². The van der Waals surface area contributed by atoms with Crippen LogP contribution in [0.5, 0.6) is 0 Å². The molecule has 1 rings (SSSR count). The van der Waals surface area contributed by atoms with Crippen molar-refractivity contribution in [3.05, 3.63) is 35.6 Å². The van der Waals surface area contributed by atoms with E-state index in [0.717, 1.165) is 12.0 Å². The van der Waals surface area contributed by atoms with Crippen molar-refractivity contribution in [2.24, 2.45) is 0 Å². The minimum Gasteiger partial charge on any atom is -0.382 e. The molecule has 0 spiro atoms. The molecule has 0 bridgehead atoms. The first-order valence-corrected chi connectivity index (χ1v) is 7.39. The summed E-state index contributed by atoms with van der Waals surface area (Å²) in [6.07, 6.45) is 0.678. The Kier molecular flexibility index (Phi) is 8.99. The van der Waals surface area contributed by atoms with Crippen LogP contribution < -0.4 is 0 Å². The number of ether oxygens (including phenoxy) is 3. The summed E-state index contributed by atoms with van der Waals surface area (Å²) in [6.45, 7) is 2.43. The highest BCUT2D eigenvalue weighted by Crippen LogP contribution is 2.20.